The van der Waals surface area contributed by atoms with Crippen LogP contribution in [-0.2, 0) is 6.42 Å². The Morgan fingerprint density at radius 3 is 2.43 bits per heavy atom. The Balaban J connectivity index is 0.00000169. The quantitative estimate of drug-likeness (QED) is 0.840. The number of aryl methyl sites for hydroxylation is 1. The lowest BCUT2D eigenvalue weighted by Crippen LogP contribution is -2.05. The number of ether oxygens (including phenoxy) is 1. The van der Waals surface area contributed by atoms with Gasteiger partial charge in [0.15, 0.2) is 0 Å². The van der Waals surface area contributed by atoms with E-state index in [1.54, 1.807) is 7.11 Å². The van der Waals surface area contributed by atoms with Gasteiger partial charge in [-0.1, -0.05) is 12.1 Å². The molecule has 1 aromatic carbocycles. The van der Waals surface area contributed by atoms with Crippen molar-refractivity contribution < 1.29 is 4.74 Å². The third-order valence-corrected chi connectivity index (χ3v) is 2.38. The predicted octanol–water partition coefficient (Wildman–Crippen LogP) is 2.24. The molecule has 0 aliphatic heterocycles. The number of rotatable bonds is 3. The molecule has 2 N–H and O–H groups in total. The average molecular weight is 216 g/mol. The summed E-state index contributed by atoms with van der Waals surface area (Å²) < 4.78 is 5.35. The minimum absolute atomic E-state index is 0. The molecule has 0 bridgehead atoms. The van der Waals surface area contributed by atoms with Crippen molar-refractivity contribution in [3.05, 3.63) is 28.8 Å². The molecule has 0 aliphatic rings. The molecule has 1 aromatic rings. The van der Waals surface area contributed by atoms with Gasteiger partial charge in [0.05, 0.1) is 7.11 Å². The van der Waals surface area contributed by atoms with Gasteiger partial charge in [-0.2, -0.15) is 0 Å². The van der Waals surface area contributed by atoms with Crippen molar-refractivity contribution in [3.8, 4) is 5.75 Å². The van der Waals surface area contributed by atoms with Gasteiger partial charge in [0.25, 0.3) is 0 Å². The van der Waals surface area contributed by atoms with Crippen LogP contribution < -0.4 is 10.5 Å². The van der Waals surface area contributed by atoms with Crippen LogP contribution >= 0.6 is 12.4 Å². The van der Waals surface area contributed by atoms with Crippen LogP contribution in [0, 0.1) is 13.8 Å². The zero-order valence-electron chi connectivity index (χ0n) is 8.96. The normalized spacial score (nSPS) is 9.43. The topological polar surface area (TPSA) is 35.2 Å². The number of hydrogen-bond acceptors (Lipinski definition) is 2. The molecular formula is C11H18ClNO. The summed E-state index contributed by atoms with van der Waals surface area (Å²) in [5.41, 5.74) is 9.20. The highest BCUT2D eigenvalue weighted by molar-refractivity contribution is 5.85. The summed E-state index contributed by atoms with van der Waals surface area (Å²) in [7, 11) is 1.71. The van der Waals surface area contributed by atoms with Crippen LogP contribution in [0.4, 0.5) is 0 Å². The van der Waals surface area contributed by atoms with Gasteiger partial charge in [-0.15, -0.1) is 12.4 Å². The smallest absolute Gasteiger partial charge is 0.125 e. The predicted molar refractivity (Wildman–Crippen MR) is 62.5 cm³/mol. The van der Waals surface area contributed by atoms with Gasteiger partial charge in [-0.3, -0.25) is 0 Å². The van der Waals surface area contributed by atoms with Crippen LogP contribution in [0.25, 0.3) is 0 Å². The van der Waals surface area contributed by atoms with E-state index in [4.69, 9.17) is 10.5 Å². The summed E-state index contributed by atoms with van der Waals surface area (Å²) in [5, 5.41) is 0. The van der Waals surface area contributed by atoms with Gasteiger partial charge in [0.1, 0.15) is 5.75 Å². The molecule has 0 unspecified atom stereocenters. The van der Waals surface area contributed by atoms with Crippen molar-refractivity contribution in [2.45, 2.75) is 20.3 Å². The molecule has 0 heterocycles. The Morgan fingerprint density at radius 1 is 1.29 bits per heavy atom. The Labute approximate surface area is 91.9 Å². The van der Waals surface area contributed by atoms with Crippen LogP contribution in [-0.4, -0.2) is 13.7 Å². The lowest BCUT2D eigenvalue weighted by atomic mass is 10.0. The van der Waals surface area contributed by atoms with E-state index in [1.807, 2.05) is 0 Å². The maximum atomic E-state index is 5.52. The van der Waals surface area contributed by atoms with Crippen molar-refractivity contribution in [2.24, 2.45) is 5.73 Å². The van der Waals surface area contributed by atoms with Crippen molar-refractivity contribution in [2.75, 3.05) is 13.7 Å². The molecule has 0 spiro atoms. The summed E-state index contributed by atoms with van der Waals surface area (Å²) in [4.78, 5) is 0. The fraction of sp³-hybridized carbons (Fsp3) is 0.455. The van der Waals surface area contributed by atoms with E-state index in [0.717, 1.165) is 12.2 Å². The summed E-state index contributed by atoms with van der Waals surface area (Å²) in [6.45, 7) is 4.83. The molecule has 0 amide bonds. The summed E-state index contributed by atoms with van der Waals surface area (Å²) >= 11 is 0. The fourth-order valence-electron chi connectivity index (χ4n) is 1.48. The molecule has 0 saturated carbocycles. The minimum Gasteiger partial charge on any atom is -0.496 e. The second kappa shape index (κ2) is 5.89. The van der Waals surface area contributed by atoms with Crippen molar-refractivity contribution in [1.82, 2.24) is 0 Å². The van der Waals surface area contributed by atoms with Crippen LogP contribution in [0.15, 0.2) is 12.1 Å². The number of benzene rings is 1. The SMILES string of the molecule is COc1c(CCN)ccc(C)c1C.Cl. The largest absolute Gasteiger partial charge is 0.496 e. The van der Waals surface area contributed by atoms with Gasteiger partial charge in [-0.05, 0) is 43.5 Å². The summed E-state index contributed by atoms with van der Waals surface area (Å²) in [5.74, 6) is 0.991. The van der Waals surface area contributed by atoms with E-state index < -0.39 is 0 Å². The first kappa shape index (κ1) is 13.3. The zero-order valence-corrected chi connectivity index (χ0v) is 9.78. The standard InChI is InChI=1S/C11H17NO.ClH/c1-8-4-5-10(6-7-12)11(13-3)9(8)2;/h4-5H,6-7,12H2,1-3H3;1H. The van der Waals surface area contributed by atoms with Gasteiger partial charge in [0.2, 0.25) is 0 Å². The molecule has 0 radical (unpaired) electrons. The van der Waals surface area contributed by atoms with Crippen molar-refractivity contribution in [1.29, 1.82) is 0 Å². The molecule has 14 heavy (non-hydrogen) atoms. The van der Waals surface area contributed by atoms with Gasteiger partial charge < -0.3 is 10.5 Å². The number of halogens is 1. The monoisotopic (exact) mass is 215 g/mol. The Kier molecular flexibility index (Phi) is 5.58. The third kappa shape index (κ3) is 2.63. The van der Waals surface area contributed by atoms with Crippen LogP contribution in [0.3, 0.4) is 0 Å². The highest BCUT2D eigenvalue weighted by Crippen LogP contribution is 2.26. The highest BCUT2D eigenvalue weighted by Gasteiger charge is 2.06. The molecule has 2 nitrogen and oxygen atoms in total. The van der Waals surface area contributed by atoms with E-state index in [-0.39, 0.29) is 12.4 Å². The molecular weight excluding hydrogens is 198 g/mol. The molecule has 0 aliphatic carbocycles. The lowest BCUT2D eigenvalue weighted by molar-refractivity contribution is 0.406. The van der Waals surface area contributed by atoms with E-state index in [9.17, 15) is 0 Å². The van der Waals surface area contributed by atoms with E-state index in [1.165, 1.54) is 16.7 Å². The number of methoxy groups -OCH3 is 1. The maximum absolute atomic E-state index is 5.52. The van der Waals surface area contributed by atoms with Crippen LogP contribution in [0.2, 0.25) is 0 Å². The first-order valence-electron chi connectivity index (χ1n) is 4.53. The minimum atomic E-state index is 0. The molecule has 3 heteroatoms. The zero-order chi connectivity index (χ0) is 9.84. The molecule has 80 valence electrons. The highest BCUT2D eigenvalue weighted by atomic mass is 35.5. The summed E-state index contributed by atoms with van der Waals surface area (Å²) in [6, 6.07) is 4.21. The fourth-order valence-corrected chi connectivity index (χ4v) is 1.48. The molecule has 0 saturated heterocycles. The first-order valence-corrected chi connectivity index (χ1v) is 4.53. The Hall–Kier alpha value is -0.730. The average Bonchev–Trinajstić information content (AvgIpc) is 2.12. The van der Waals surface area contributed by atoms with Crippen LogP contribution in [0.1, 0.15) is 16.7 Å². The molecule has 0 fully saturated rings. The van der Waals surface area contributed by atoms with E-state index >= 15 is 0 Å². The Bertz CT molecular complexity index is 300. The second-order valence-corrected chi connectivity index (χ2v) is 3.24. The van der Waals surface area contributed by atoms with Gasteiger partial charge in [0, 0.05) is 0 Å². The second-order valence-electron chi connectivity index (χ2n) is 3.24. The van der Waals surface area contributed by atoms with Crippen molar-refractivity contribution >= 4 is 12.4 Å². The molecule has 1 rings (SSSR count). The first-order chi connectivity index (χ1) is 6.20. The van der Waals surface area contributed by atoms with Crippen molar-refractivity contribution in [3.63, 3.8) is 0 Å². The van der Waals surface area contributed by atoms with Crippen LogP contribution in [0.5, 0.6) is 5.75 Å². The third-order valence-electron chi connectivity index (χ3n) is 2.38. The number of hydrogen-bond donors (Lipinski definition) is 1. The Morgan fingerprint density at radius 2 is 1.93 bits per heavy atom. The van der Waals surface area contributed by atoms with E-state index in [2.05, 4.69) is 26.0 Å². The summed E-state index contributed by atoms with van der Waals surface area (Å²) in [6.07, 6.45) is 0.879. The molecule has 0 atom stereocenters. The van der Waals surface area contributed by atoms with E-state index in [0.29, 0.717) is 6.54 Å². The van der Waals surface area contributed by atoms with Gasteiger partial charge >= 0.3 is 0 Å². The molecule has 0 aromatic heterocycles. The van der Waals surface area contributed by atoms with Gasteiger partial charge in [-0.25, -0.2) is 0 Å². The maximum Gasteiger partial charge on any atom is 0.125 e. The number of nitrogens with two attached hydrogens (primary N) is 1. The lowest BCUT2D eigenvalue weighted by Gasteiger charge is -2.12.